The van der Waals surface area contributed by atoms with Gasteiger partial charge in [-0.05, 0) is 0 Å². The highest BCUT2D eigenvalue weighted by Gasteiger charge is 2.17. The average molecular weight is 313 g/mol. The molecule has 0 rings (SSSR count). The molecule has 0 saturated carbocycles. The Labute approximate surface area is 120 Å². The summed E-state index contributed by atoms with van der Waals surface area (Å²) in [7, 11) is -2.45. The van der Waals surface area contributed by atoms with Gasteiger partial charge in [-0.1, -0.05) is 40.2 Å². The lowest BCUT2D eigenvalue weighted by atomic mass is 11.0. The lowest BCUT2D eigenvalue weighted by Crippen LogP contribution is -2.25. The molecule has 0 N–H and O–H groups in total. The minimum Gasteiger partial charge on any atom is -0.207 e. The van der Waals surface area contributed by atoms with Crippen LogP contribution in [0.5, 0.6) is 0 Å². The molecule has 2 nitrogen and oxygen atoms in total. The second-order valence-corrected chi connectivity index (χ2v) is 16.3. The molecule has 0 spiro atoms. The SMILES string of the molecule is C.CC#N.C[Si](C)(C#N)CCl.C[Si](C)(C)CCl. The highest BCUT2D eigenvalue weighted by Crippen LogP contribution is 2.00. The highest BCUT2D eigenvalue weighted by molar-refractivity contribution is 6.89. The normalized spacial score (nSPS) is 9.06. The fraction of sp³-hybridized carbons (Fsp3) is 0.818. The zero-order valence-electron chi connectivity index (χ0n) is 11.1. The van der Waals surface area contributed by atoms with E-state index in [2.05, 4.69) is 25.3 Å². The van der Waals surface area contributed by atoms with E-state index in [0.29, 0.717) is 5.50 Å². The Morgan fingerprint density at radius 2 is 1.18 bits per heavy atom. The summed E-state index contributed by atoms with van der Waals surface area (Å²) in [6.45, 7) is 12.1. The molecule has 0 amide bonds. The predicted octanol–water partition coefficient (Wildman–Crippen LogP) is 4.80. The van der Waals surface area contributed by atoms with Crippen LogP contribution in [0.2, 0.25) is 32.7 Å². The summed E-state index contributed by atoms with van der Waals surface area (Å²) in [4.78, 5) is 0. The Bertz CT molecular complexity index is 237. The molecule has 0 aliphatic heterocycles. The third kappa shape index (κ3) is 38.7. The van der Waals surface area contributed by atoms with Crippen LogP contribution in [0, 0.1) is 22.3 Å². The van der Waals surface area contributed by atoms with Crippen molar-refractivity contribution in [2.24, 2.45) is 0 Å². The van der Waals surface area contributed by atoms with E-state index in [1.165, 1.54) is 6.92 Å². The van der Waals surface area contributed by atoms with Gasteiger partial charge in [-0.15, -0.1) is 23.2 Å². The number of nitriles is 2. The molecule has 0 aromatic heterocycles. The van der Waals surface area contributed by atoms with E-state index in [0.717, 1.165) is 5.50 Å². The standard InChI is InChI=1S/C4H8ClNSi.C4H11ClSi.C2H3N.CH4/c1-7(2,3-5)4-6;1-6(2,3)4-5;1-2-3;/h3H2,1-2H3;4H2,1-3H3;1H3;1H4. The lowest BCUT2D eigenvalue weighted by molar-refractivity contribution is 1.49. The van der Waals surface area contributed by atoms with Crippen LogP contribution in [0.25, 0.3) is 0 Å². The number of alkyl halides is 2. The van der Waals surface area contributed by atoms with Gasteiger partial charge in [0.05, 0.1) is 14.1 Å². The van der Waals surface area contributed by atoms with E-state index < -0.39 is 16.1 Å². The first-order valence-electron chi connectivity index (χ1n) is 4.94. The molecule has 6 heteroatoms. The molecule has 0 bridgehead atoms. The molecule has 0 aromatic carbocycles. The number of hydrogen-bond acceptors (Lipinski definition) is 2. The highest BCUT2D eigenvalue weighted by atomic mass is 35.5. The van der Waals surface area contributed by atoms with E-state index in [1.54, 1.807) is 6.07 Å². The zero-order chi connectivity index (χ0) is 13.8. The van der Waals surface area contributed by atoms with Gasteiger partial charge in [0.15, 0.2) is 8.07 Å². The van der Waals surface area contributed by atoms with Crippen molar-refractivity contribution in [3.63, 3.8) is 0 Å². The maximum Gasteiger partial charge on any atom is 0.182 e. The number of hydrogen-bond donors (Lipinski definition) is 0. The summed E-state index contributed by atoms with van der Waals surface area (Å²) in [6, 6.07) is 1.75. The van der Waals surface area contributed by atoms with Crippen LogP contribution in [0.1, 0.15) is 14.4 Å². The van der Waals surface area contributed by atoms with Gasteiger partial charge in [0, 0.05) is 23.6 Å². The maximum atomic E-state index is 8.32. The minimum absolute atomic E-state index is 0. The van der Waals surface area contributed by atoms with Crippen LogP contribution in [-0.4, -0.2) is 27.2 Å². The van der Waals surface area contributed by atoms with Crippen LogP contribution >= 0.6 is 23.2 Å². The lowest BCUT2D eigenvalue weighted by Gasteiger charge is -2.07. The van der Waals surface area contributed by atoms with Crippen molar-refractivity contribution in [3.8, 4) is 11.8 Å². The van der Waals surface area contributed by atoms with Crippen LogP contribution in [0.4, 0.5) is 0 Å². The van der Waals surface area contributed by atoms with E-state index >= 15 is 0 Å². The van der Waals surface area contributed by atoms with Crippen molar-refractivity contribution in [2.75, 3.05) is 11.0 Å². The predicted molar refractivity (Wildman–Crippen MR) is 85.9 cm³/mol. The molecule has 0 saturated heterocycles. The summed E-state index contributed by atoms with van der Waals surface area (Å²) in [6.07, 6.45) is 0. The van der Waals surface area contributed by atoms with Gasteiger partial charge in [-0.3, -0.25) is 0 Å². The second kappa shape index (κ2) is 14.1. The van der Waals surface area contributed by atoms with E-state index in [9.17, 15) is 0 Å². The average Bonchev–Trinajstić information content (AvgIpc) is 2.19. The topological polar surface area (TPSA) is 47.6 Å². The molecular weight excluding hydrogens is 287 g/mol. The Kier molecular flexibility index (Phi) is 21.3. The Morgan fingerprint density at radius 3 is 1.18 bits per heavy atom. The van der Waals surface area contributed by atoms with Crippen molar-refractivity contribution < 1.29 is 0 Å². The number of halogens is 2. The summed E-state index contributed by atoms with van der Waals surface area (Å²) in [5.41, 5.74) is 3.62. The van der Waals surface area contributed by atoms with Gasteiger partial charge in [0.25, 0.3) is 0 Å². The maximum absolute atomic E-state index is 8.32. The number of rotatable bonds is 2. The molecule has 0 unspecified atom stereocenters. The molecule has 0 aromatic rings. The van der Waals surface area contributed by atoms with Gasteiger partial charge in [0.2, 0.25) is 0 Å². The van der Waals surface area contributed by atoms with Crippen molar-refractivity contribution in [3.05, 3.63) is 0 Å². The summed E-state index contributed by atoms with van der Waals surface area (Å²) < 4.78 is 0. The summed E-state index contributed by atoms with van der Waals surface area (Å²) in [5.74, 6) is 0. The Morgan fingerprint density at radius 1 is 0.941 bits per heavy atom. The fourth-order valence-corrected chi connectivity index (χ4v) is 0.269. The molecule has 0 aliphatic rings. The largest absolute Gasteiger partial charge is 0.207 e. The number of nitrogens with zero attached hydrogens (tertiary/aromatic N) is 2. The molecule has 0 heterocycles. The molecule has 0 atom stereocenters. The Balaban J connectivity index is -0.0000000778. The van der Waals surface area contributed by atoms with Crippen LogP contribution in [0.15, 0.2) is 0 Å². The molecule has 17 heavy (non-hydrogen) atoms. The van der Waals surface area contributed by atoms with Gasteiger partial charge >= 0.3 is 0 Å². The smallest absolute Gasteiger partial charge is 0.182 e. The molecular formula is C11H26Cl2N2Si2. The first-order valence-corrected chi connectivity index (χ1v) is 12.9. The molecule has 0 fully saturated rings. The summed E-state index contributed by atoms with van der Waals surface area (Å²) in [5, 5.41) is 15.6. The first kappa shape index (κ1) is 25.7. The third-order valence-corrected chi connectivity index (χ3v) is 7.52. The van der Waals surface area contributed by atoms with E-state index in [1.807, 2.05) is 13.1 Å². The quantitative estimate of drug-likeness (QED) is 0.543. The molecule has 102 valence electrons. The van der Waals surface area contributed by atoms with Gasteiger partial charge in [0.1, 0.15) is 0 Å². The van der Waals surface area contributed by atoms with Crippen LogP contribution in [-0.2, 0) is 0 Å². The Hall–Kier alpha value is -0.00623. The van der Waals surface area contributed by atoms with Gasteiger partial charge < -0.3 is 0 Å². The van der Waals surface area contributed by atoms with Crippen molar-refractivity contribution >= 4 is 39.3 Å². The fourth-order valence-electron chi connectivity index (χ4n) is 0.0299. The van der Waals surface area contributed by atoms with Crippen molar-refractivity contribution in [2.45, 2.75) is 47.1 Å². The first-order chi connectivity index (χ1) is 7.10. The minimum atomic E-state index is -1.58. The second-order valence-electron chi connectivity index (χ2n) is 5.05. The zero-order valence-corrected chi connectivity index (χ0v) is 14.6. The van der Waals surface area contributed by atoms with Crippen LogP contribution < -0.4 is 0 Å². The third-order valence-electron chi connectivity index (χ3n) is 1.04. The van der Waals surface area contributed by atoms with Gasteiger partial charge in [-0.2, -0.15) is 5.26 Å². The molecule has 0 aliphatic carbocycles. The van der Waals surface area contributed by atoms with Crippen LogP contribution in [0.3, 0.4) is 0 Å². The van der Waals surface area contributed by atoms with Gasteiger partial charge in [-0.25, -0.2) is 5.26 Å². The van der Waals surface area contributed by atoms with Crippen molar-refractivity contribution in [1.82, 2.24) is 0 Å². The summed E-state index contributed by atoms with van der Waals surface area (Å²) >= 11 is 11.0. The van der Waals surface area contributed by atoms with E-state index in [-0.39, 0.29) is 7.43 Å². The molecule has 0 radical (unpaired) electrons. The van der Waals surface area contributed by atoms with E-state index in [4.69, 9.17) is 33.7 Å². The van der Waals surface area contributed by atoms with Crippen molar-refractivity contribution in [1.29, 1.82) is 10.5 Å². The monoisotopic (exact) mass is 312 g/mol.